The van der Waals surface area contributed by atoms with Gasteiger partial charge in [-0.15, -0.1) is 0 Å². The van der Waals surface area contributed by atoms with Crippen molar-refractivity contribution < 1.29 is 4.79 Å². The zero-order valence-corrected chi connectivity index (χ0v) is 13.6. The number of amides is 1. The highest BCUT2D eigenvalue weighted by molar-refractivity contribution is 9.10. The molecule has 0 bridgehead atoms. The number of rotatable bonds is 2. The third-order valence-electron chi connectivity index (χ3n) is 2.75. The van der Waals surface area contributed by atoms with E-state index in [4.69, 9.17) is 28.9 Å². The Labute approximate surface area is 135 Å². The third kappa shape index (κ3) is 3.26. The fourth-order valence-corrected chi connectivity index (χ4v) is 2.48. The molecule has 0 fully saturated rings. The molecule has 2 aromatic carbocycles. The van der Waals surface area contributed by atoms with Crippen molar-refractivity contribution in [1.82, 2.24) is 0 Å². The van der Waals surface area contributed by atoms with Crippen LogP contribution in [0.3, 0.4) is 0 Å². The summed E-state index contributed by atoms with van der Waals surface area (Å²) in [6, 6.07) is 8.36. The highest BCUT2D eigenvalue weighted by Crippen LogP contribution is 2.29. The van der Waals surface area contributed by atoms with Crippen LogP contribution in [0, 0.1) is 6.92 Å². The van der Waals surface area contributed by atoms with E-state index in [1.54, 1.807) is 30.3 Å². The lowest BCUT2D eigenvalue weighted by Gasteiger charge is -2.11. The second kappa shape index (κ2) is 6.04. The Balaban J connectivity index is 2.30. The van der Waals surface area contributed by atoms with Gasteiger partial charge in [0, 0.05) is 15.2 Å². The van der Waals surface area contributed by atoms with Gasteiger partial charge in [0.2, 0.25) is 0 Å². The molecule has 0 saturated carbocycles. The summed E-state index contributed by atoms with van der Waals surface area (Å²) in [5.74, 6) is -0.336. The van der Waals surface area contributed by atoms with Gasteiger partial charge < -0.3 is 11.1 Å². The maximum absolute atomic E-state index is 12.2. The van der Waals surface area contributed by atoms with Crippen LogP contribution < -0.4 is 11.1 Å². The Morgan fingerprint density at radius 1 is 1.20 bits per heavy atom. The summed E-state index contributed by atoms with van der Waals surface area (Å²) in [5.41, 5.74) is 7.87. The number of hydrogen-bond donors (Lipinski definition) is 2. The molecule has 0 aromatic heterocycles. The number of nitrogens with two attached hydrogens (primary N) is 1. The molecule has 20 heavy (non-hydrogen) atoms. The molecule has 0 unspecified atom stereocenters. The topological polar surface area (TPSA) is 55.1 Å². The first kappa shape index (κ1) is 15.2. The molecule has 0 atom stereocenters. The summed E-state index contributed by atoms with van der Waals surface area (Å²) in [7, 11) is 0. The molecule has 104 valence electrons. The second-order valence-electron chi connectivity index (χ2n) is 4.27. The van der Waals surface area contributed by atoms with E-state index in [-0.39, 0.29) is 5.91 Å². The molecular weight excluding hydrogens is 363 g/mol. The normalized spacial score (nSPS) is 10.4. The van der Waals surface area contributed by atoms with Gasteiger partial charge in [-0.1, -0.05) is 39.1 Å². The van der Waals surface area contributed by atoms with Crippen molar-refractivity contribution in [3.63, 3.8) is 0 Å². The van der Waals surface area contributed by atoms with Gasteiger partial charge in [0.05, 0.1) is 16.3 Å². The lowest BCUT2D eigenvalue weighted by atomic mass is 10.1. The van der Waals surface area contributed by atoms with E-state index in [0.29, 0.717) is 27.0 Å². The standard InChI is InChI=1S/C14H11BrCl2N2O/c1-7-4-11(17)13(6-10(7)16)19-14(20)9-3-2-8(15)5-12(9)18/h2-6H,18H2,1H3,(H,19,20). The summed E-state index contributed by atoms with van der Waals surface area (Å²) in [6.45, 7) is 1.84. The van der Waals surface area contributed by atoms with Crippen molar-refractivity contribution >= 4 is 56.4 Å². The van der Waals surface area contributed by atoms with E-state index in [2.05, 4.69) is 21.2 Å². The molecule has 0 saturated heterocycles. The molecule has 3 N–H and O–H groups in total. The third-order valence-corrected chi connectivity index (χ3v) is 3.97. The minimum atomic E-state index is -0.336. The van der Waals surface area contributed by atoms with Crippen molar-refractivity contribution in [2.24, 2.45) is 0 Å². The molecule has 0 aliphatic rings. The van der Waals surface area contributed by atoms with Crippen LogP contribution in [0.25, 0.3) is 0 Å². The molecule has 3 nitrogen and oxygen atoms in total. The van der Waals surface area contributed by atoms with E-state index in [9.17, 15) is 4.79 Å². The van der Waals surface area contributed by atoms with Crippen LogP contribution in [0.4, 0.5) is 11.4 Å². The zero-order valence-electron chi connectivity index (χ0n) is 10.5. The van der Waals surface area contributed by atoms with Crippen LogP contribution in [0.15, 0.2) is 34.8 Å². The van der Waals surface area contributed by atoms with Crippen molar-refractivity contribution in [2.75, 3.05) is 11.1 Å². The summed E-state index contributed by atoms with van der Waals surface area (Å²) in [5, 5.41) is 3.67. The Bertz CT molecular complexity index is 689. The van der Waals surface area contributed by atoms with Gasteiger partial charge in [-0.2, -0.15) is 0 Å². The number of aryl methyl sites for hydroxylation is 1. The number of carbonyl (C=O) groups excluding carboxylic acids is 1. The second-order valence-corrected chi connectivity index (χ2v) is 6.00. The first-order valence-corrected chi connectivity index (χ1v) is 7.25. The van der Waals surface area contributed by atoms with Gasteiger partial charge in [-0.05, 0) is 42.8 Å². The van der Waals surface area contributed by atoms with Gasteiger partial charge in [0.25, 0.3) is 5.91 Å². The number of benzene rings is 2. The fourth-order valence-electron chi connectivity index (χ4n) is 1.67. The average molecular weight is 374 g/mol. The Morgan fingerprint density at radius 2 is 1.90 bits per heavy atom. The maximum atomic E-state index is 12.2. The lowest BCUT2D eigenvalue weighted by molar-refractivity contribution is 0.102. The van der Waals surface area contributed by atoms with Gasteiger partial charge >= 0.3 is 0 Å². The number of nitrogen functional groups attached to an aromatic ring is 1. The molecule has 0 spiro atoms. The van der Waals surface area contributed by atoms with Gasteiger partial charge in [0.15, 0.2) is 0 Å². The molecular formula is C14H11BrCl2N2O. The van der Waals surface area contributed by atoms with Crippen LogP contribution in [-0.4, -0.2) is 5.91 Å². The maximum Gasteiger partial charge on any atom is 0.257 e. The number of carbonyl (C=O) groups is 1. The Morgan fingerprint density at radius 3 is 2.55 bits per heavy atom. The predicted molar refractivity (Wildman–Crippen MR) is 87.7 cm³/mol. The smallest absolute Gasteiger partial charge is 0.257 e. The Kier molecular flexibility index (Phi) is 4.58. The summed E-state index contributed by atoms with van der Waals surface area (Å²) in [4.78, 5) is 12.2. The molecule has 0 heterocycles. The predicted octanol–water partition coefficient (Wildman–Crippen LogP) is 4.90. The van der Waals surface area contributed by atoms with Gasteiger partial charge in [0.1, 0.15) is 0 Å². The summed E-state index contributed by atoms with van der Waals surface area (Å²) in [6.07, 6.45) is 0. The van der Waals surface area contributed by atoms with Crippen LogP contribution in [0.2, 0.25) is 10.0 Å². The molecule has 1 amide bonds. The van der Waals surface area contributed by atoms with E-state index < -0.39 is 0 Å². The molecule has 0 aliphatic carbocycles. The van der Waals surface area contributed by atoms with Crippen LogP contribution in [0.1, 0.15) is 15.9 Å². The molecule has 6 heteroatoms. The zero-order chi connectivity index (χ0) is 14.9. The van der Waals surface area contributed by atoms with Crippen molar-refractivity contribution in [3.05, 3.63) is 56.0 Å². The average Bonchev–Trinajstić information content (AvgIpc) is 2.35. The largest absolute Gasteiger partial charge is 0.398 e. The molecule has 0 aliphatic heterocycles. The summed E-state index contributed by atoms with van der Waals surface area (Å²) < 4.78 is 0.808. The molecule has 2 aromatic rings. The number of nitrogens with one attached hydrogen (secondary N) is 1. The SMILES string of the molecule is Cc1cc(Cl)c(NC(=O)c2ccc(Br)cc2N)cc1Cl. The van der Waals surface area contributed by atoms with Crippen LogP contribution in [0.5, 0.6) is 0 Å². The highest BCUT2D eigenvalue weighted by atomic mass is 79.9. The van der Waals surface area contributed by atoms with Crippen molar-refractivity contribution in [3.8, 4) is 0 Å². The van der Waals surface area contributed by atoms with E-state index in [0.717, 1.165) is 10.0 Å². The number of halogens is 3. The van der Waals surface area contributed by atoms with Crippen LogP contribution >= 0.6 is 39.1 Å². The van der Waals surface area contributed by atoms with Gasteiger partial charge in [-0.3, -0.25) is 4.79 Å². The minimum Gasteiger partial charge on any atom is -0.398 e. The van der Waals surface area contributed by atoms with E-state index in [1.165, 1.54) is 0 Å². The monoisotopic (exact) mass is 372 g/mol. The first-order chi connectivity index (χ1) is 9.38. The minimum absolute atomic E-state index is 0.336. The van der Waals surface area contributed by atoms with Crippen molar-refractivity contribution in [2.45, 2.75) is 6.92 Å². The van der Waals surface area contributed by atoms with E-state index >= 15 is 0 Å². The number of anilines is 2. The fraction of sp³-hybridized carbons (Fsp3) is 0.0714. The number of hydrogen-bond acceptors (Lipinski definition) is 2. The van der Waals surface area contributed by atoms with Gasteiger partial charge in [-0.25, -0.2) is 0 Å². The first-order valence-electron chi connectivity index (χ1n) is 5.70. The Hall–Kier alpha value is -1.23. The van der Waals surface area contributed by atoms with Crippen LogP contribution in [-0.2, 0) is 0 Å². The molecule has 2 rings (SSSR count). The molecule has 0 radical (unpaired) electrons. The summed E-state index contributed by atoms with van der Waals surface area (Å²) >= 11 is 15.4. The highest BCUT2D eigenvalue weighted by Gasteiger charge is 2.13. The van der Waals surface area contributed by atoms with Crippen molar-refractivity contribution in [1.29, 1.82) is 0 Å². The quantitative estimate of drug-likeness (QED) is 0.735. The van der Waals surface area contributed by atoms with E-state index in [1.807, 2.05) is 6.92 Å². The lowest BCUT2D eigenvalue weighted by Crippen LogP contribution is -2.14.